The lowest BCUT2D eigenvalue weighted by molar-refractivity contribution is 0.522. The molecule has 2 aromatic carbocycles. The van der Waals surface area contributed by atoms with Crippen molar-refractivity contribution in [2.75, 3.05) is 0 Å². The van der Waals surface area contributed by atoms with Gasteiger partial charge >= 0.3 is 0 Å². The smallest absolute Gasteiger partial charge is 0.173 e. The highest BCUT2D eigenvalue weighted by molar-refractivity contribution is 6.83. The summed E-state index contributed by atoms with van der Waals surface area (Å²) in [4.78, 5) is 3.83. The molecule has 0 aliphatic rings. The molecule has 0 radical (unpaired) electrons. The van der Waals surface area contributed by atoms with Crippen LogP contribution in [0.4, 0.5) is 0 Å². The molecule has 2 aromatic rings. The Balaban J connectivity index is 0.00000180. The van der Waals surface area contributed by atoms with Gasteiger partial charge < -0.3 is 4.98 Å². The van der Waals surface area contributed by atoms with Gasteiger partial charge in [-0.15, -0.1) is 12.4 Å². The Morgan fingerprint density at radius 3 is 1.42 bits per heavy atom. The lowest BCUT2D eigenvalue weighted by atomic mass is 10.1. The van der Waals surface area contributed by atoms with Crippen LogP contribution in [0.15, 0.2) is 60.7 Å². The monoisotopic (exact) mass is 291 g/mol. The molecule has 0 atom stereocenters. The summed E-state index contributed by atoms with van der Waals surface area (Å²) in [6.45, 7) is 6.70. The number of nitrogens with one attached hydrogen (secondary N) is 1. The lowest BCUT2D eigenvalue weighted by Crippen LogP contribution is -2.60. The molecule has 0 heterocycles. The molecule has 0 aromatic heterocycles. The number of hydrogen-bond acceptors (Lipinski definition) is 1. The Labute approximate surface area is 124 Å². The van der Waals surface area contributed by atoms with E-state index < -0.39 is 8.96 Å². The van der Waals surface area contributed by atoms with Gasteiger partial charge in [-0.1, -0.05) is 60.7 Å². The van der Waals surface area contributed by atoms with E-state index in [1.54, 1.807) is 0 Å². The summed E-state index contributed by atoms with van der Waals surface area (Å²) < 4.78 is 0. The van der Waals surface area contributed by atoms with Crippen molar-refractivity contribution >= 4 is 31.7 Å². The van der Waals surface area contributed by atoms with Gasteiger partial charge in [0.2, 0.25) is 0 Å². The molecular formula is C16H22ClNSi. The van der Waals surface area contributed by atoms with E-state index in [4.69, 9.17) is 0 Å². The zero-order chi connectivity index (χ0) is 13.0. The van der Waals surface area contributed by atoms with Crippen molar-refractivity contribution in [3.63, 3.8) is 0 Å². The average Bonchev–Trinajstić information content (AvgIpc) is 2.37. The van der Waals surface area contributed by atoms with Crippen molar-refractivity contribution in [1.29, 1.82) is 0 Å². The molecule has 2 rings (SSSR count). The Kier molecular flexibility index (Phi) is 5.79. The van der Waals surface area contributed by atoms with E-state index in [1.807, 2.05) is 0 Å². The molecule has 0 spiro atoms. The maximum atomic E-state index is 3.83. The van der Waals surface area contributed by atoms with E-state index in [0.29, 0.717) is 0 Å². The Bertz CT molecular complexity index is 440. The minimum atomic E-state index is -1.33. The second kappa shape index (κ2) is 6.90. The molecule has 0 saturated carbocycles. The molecule has 0 saturated heterocycles. The number of rotatable bonds is 3. The summed E-state index contributed by atoms with van der Waals surface area (Å²) in [5.74, 6) is 0. The Hall–Kier alpha value is -1.09. The van der Waals surface area contributed by atoms with E-state index in [9.17, 15) is 0 Å². The van der Waals surface area contributed by atoms with Crippen molar-refractivity contribution in [2.45, 2.75) is 26.3 Å². The topological polar surface area (TPSA) is 12.0 Å². The van der Waals surface area contributed by atoms with Crippen molar-refractivity contribution < 1.29 is 0 Å². The Morgan fingerprint density at radius 2 is 1.11 bits per heavy atom. The zero-order valence-electron chi connectivity index (χ0n) is 11.8. The Morgan fingerprint density at radius 1 is 0.737 bits per heavy atom. The van der Waals surface area contributed by atoms with Gasteiger partial charge in [-0.25, -0.2) is 0 Å². The van der Waals surface area contributed by atoms with Crippen LogP contribution in [0.5, 0.6) is 0 Å². The van der Waals surface area contributed by atoms with Crippen LogP contribution in [-0.4, -0.2) is 14.5 Å². The summed E-state index contributed by atoms with van der Waals surface area (Å²) in [6, 6.07) is 21.6. The third-order valence-electron chi connectivity index (χ3n) is 2.84. The van der Waals surface area contributed by atoms with E-state index in [2.05, 4.69) is 86.4 Å². The van der Waals surface area contributed by atoms with E-state index >= 15 is 0 Å². The molecule has 0 fully saturated rings. The van der Waals surface area contributed by atoms with Crippen LogP contribution in [0, 0.1) is 0 Å². The second-order valence-corrected chi connectivity index (χ2v) is 8.14. The molecule has 0 bridgehead atoms. The fourth-order valence-electron chi connectivity index (χ4n) is 2.08. The zero-order valence-corrected chi connectivity index (χ0v) is 13.7. The maximum Gasteiger partial charge on any atom is 0.173 e. The summed E-state index contributed by atoms with van der Waals surface area (Å²) in [7, 11) is -1.33. The molecule has 3 heteroatoms. The average molecular weight is 292 g/mol. The third kappa shape index (κ3) is 4.82. The van der Waals surface area contributed by atoms with Crippen LogP contribution < -0.4 is 15.4 Å². The number of hydrogen-bond donors (Lipinski definition) is 1. The first-order chi connectivity index (χ1) is 8.56. The van der Waals surface area contributed by atoms with Gasteiger partial charge in [0.05, 0.1) is 0 Å². The van der Waals surface area contributed by atoms with Crippen molar-refractivity contribution in [3.8, 4) is 0 Å². The van der Waals surface area contributed by atoms with Gasteiger partial charge in [0.25, 0.3) is 0 Å². The maximum absolute atomic E-state index is 3.83. The molecule has 0 amide bonds. The fraction of sp³-hybridized carbons (Fsp3) is 0.250. The SMILES string of the molecule is CC(C)(C)N[SiH](c1ccccc1)c1ccccc1.Cl. The van der Waals surface area contributed by atoms with Gasteiger partial charge in [-0.05, 0) is 31.1 Å². The minimum absolute atomic E-state index is 0. The van der Waals surface area contributed by atoms with E-state index in [-0.39, 0.29) is 17.9 Å². The highest BCUT2D eigenvalue weighted by atomic mass is 35.5. The third-order valence-corrected chi connectivity index (χ3v) is 6.10. The first-order valence-electron chi connectivity index (χ1n) is 6.44. The van der Waals surface area contributed by atoms with Gasteiger partial charge in [-0.2, -0.15) is 0 Å². The van der Waals surface area contributed by atoms with Crippen LogP contribution in [-0.2, 0) is 0 Å². The van der Waals surface area contributed by atoms with Crippen molar-refractivity contribution in [2.24, 2.45) is 0 Å². The second-order valence-electron chi connectivity index (χ2n) is 5.65. The highest BCUT2D eigenvalue weighted by Crippen LogP contribution is 2.01. The molecule has 0 unspecified atom stereocenters. The number of halogens is 1. The van der Waals surface area contributed by atoms with E-state index in [1.165, 1.54) is 10.4 Å². The van der Waals surface area contributed by atoms with Crippen LogP contribution in [0.3, 0.4) is 0 Å². The summed E-state index contributed by atoms with van der Waals surface area (Å²) >= 11 is 0. The summed E-state index contributed by atoms with van der Waals surface area (Å²) in [5.41, 5.74) is 0.141. The first kappa shape index (κ1) is 16.0. The van der Waals surface area contributed by atoms with Crippen LogP contribution >= 0.6 is 12.4 Å². The number of benzene rings is 2. The van der Waals surface area contributed by atoms with Gasteiger partial charge in [0.1, 0.15) is 0 Å². The van der Waals surface area contributed by atoms with Gasteiger partial charge in [0, 0.05) is 5.54 Å². The molecule has 1 nitrogen and oxygen atoms in total. The summed E-state index contributed by atoms with van der Waals surface area (Å²) in [6.07, 6.45) is 0. The highest BCUT2D eigenvalue weighted by Gasteiger charge is 2.21. The predicted molar refractivity (Wildman–Crippen MR) is 89.4 cm³/mol. The van der Waals surface area contributed by atoms with Gasteiger partial charge in [0.15, 0.2) is 8.96 Å². The molecule has 102 valence electrons. The lowest BCUT2D eigenvalue weighted by Gasteiger charge is -2.28. The largest absolute Gasteiger partial charge is 0.328 e. The van der Waals surface area contributed by atoms with Crippen LogP contribution in [0.25, 0.3) is 0 Å². The standard InChI is InChI=1S/C16H21NSi.ClH/c1-16(2,3)17-18(14-10-6-4-7-11-14)15-12-8-5-9-13-15;/h4-13,17-18H,1-3H3;1H. The minimum Gasteiger partial charge on any atom is -0.328 e. The van der Waals surface area contributed by atoms with Crippen molar-refractivity contribution in [1.82, 2.24) is 4.98 Å². The first-order valence-corrected chi connectivity index (χ1v) is 8.17. The molecule has 0 aliphatic heterocycles. The van der Waals surface area contributed by atoms with Gasteiger partial charge in [-0.3, -0.25) is 0 Å². The quantitative estimate of drug-likeness (QED) is 0.856. The van der Waals surface area contributed by atoms with Crippen LogP contribution in [0.1, 0.15) is 20.8 Å². The normalized spacial score (nSPS) is 11.2. The molecular weight excluding hydrogens is 270 g/mol. The summed E-state index contributed by atoms with van der Waals surface area (Å²) in [5, 5.41) is 2.89. The molecule has 1 N–H and O–H groups in total. The molecule has 19 heavy (non-hydrogen) atoms. The van der Waals surface area contributed by atoms with E-state index in [0.717, 1.165) is 0 Å². The molecule has 0 aliphatic carbocycles. The van der Waals surface area contributed by atoms with Crippen molar-refractivity contribution in [3.05, 3.63) is 60.7 Å². The van der Waals surface area contributed by atoms with Crippen LogP contribution in [0.2, 0.25) is 0 Å². The fourth-order valence-corrected chi connectivity index (χ4v) is 4.88. The predicted octanol–water partition coefficient (Wildman–Crippen LogP) is 2.33.